The second kappa shape index (κ2) is 11.2. The lowest BCUT2D eigenvalue weighted by Gasteiger charge is -2.43. The van der Waals surface area contributed by atoms with E-state index in [2.05, 4.69) is 5.32 Å². The summed E-state index contributed by atoms with van der Waals surface area (Å²) in [5.74, 6) is -1.95. The van der Waals surface area contributed by atoms with Crippen LogP contribution < -0.4 is 20.2 Å². The number of sulfonamides is 1. The van der Waals surface area contributed by atoms with Crippen molar-refractivity contribution in [3.8, 4) is 0 Å². The number of halogens is 1. The number of carbonyl (C=O) groups is 3. The largest absolute Gasteiger partial charge is 0.325 e. The molecule has 0 spiro atoms. The molecule has 3 heterocycles. The monoisotopic (exact) mass is 706 g/mol. The number of nitrogens with two attached hydrogens (primary N) is 1. The molecule has 14 heteroatoms. The van der Waals surface area contributed by atoms with Crippen LogP contribution in [0.3, 0.4) is 0 Å². The second-order valence-electron chi connectivity index (χ2n) is 12.4. The van der Waals surface area contributed by atoms with Gasteiger partial charge in [-0.2, -0.15) is 0 Å². The van der Waals surface area contributed by atoms with Crippen LogP contribution in [0.1, 0.15) is 22.8 Å². The third kappa shape index (κ3) is 4.90. The molecule has 7 atom stereocenters. The summed E-state index contributed by atoms with van der Waals surface area (Å²) in [6.45, 7) is -0.251. The highest BCUT2D eigenvalue weighted by Crippen LogP contribution is 2.69. The van der Waals surface area contributed by atoms with E-state index in [-0.39, 0.29) is 57.0 Å². The number of rotatable bonds is 6. The number of imide groups is 1. The molecule has 0 radical (unpaired) electrons. The minimum absolute atomic E-state index is 0.00469. The molecule has 8 rings (SSSR count). The molecule has 2 bridgehead atoms. The zero-order valence-electron chi connectivity index (χ0n) is 24.5. The van der Waals surface area contributed by atoms with Crippen LogP contribution in [-0.4, -0.2) is 36.0 Å². The van der Waals surface area contributed by atoms with E-state index in [9.17, 15) is 27.6 Å². The molecule has 4 aromatic rings. The first-order valence-corrected chi connectivity index (χ1v) is 18.6. The standard InChI is InChI=1S/C33H27ClN4O6S3/c34-17-8-6-16(7-9-17)24-25-21-14-22(27-26(21)30(40)38(31(27)41)19-4-2-1-3-5-19)28(25)45-32-29(24)46-33(42)37(32)15-23(39)36-18-10-12-20(13-11-18)47(35,43)44/h1-13,21-22,24-28H,14-15H2,(H,36,39)(H2,35,43,44). The Morgan fingerprint density at radius 1 is 0.915 bits per heavy atom. The number of thioether (sulfide) groups is 1. The Bertz CT molecular complexity index is 2120. The van der Waals surface area contributed by atoms with Gasteiger partial charge in [0.1, 0.15) is 6.54 Å². The maximum Gasteiger partial charge on any atom is 0.308 e. The van der Waals surface area contributed by atoms with E-state index in [0.717, 1.165) is 28.2 Å². The highest BCUT2D eigenvalue weighted by atomic mass is 35.5. The van der Waals surface area contributed by atoms with Gasteiger partial charge in [0.05, 0.1) is 27.4 Å². The van der Waals surface area contributed by atoms with E-state index in [4.69, 9.17) is 16.7 Å². The lowest BCUT2D eigenvalue weighted by atomic mass is 9.68. The fourth-order valence-corrected chi connectivity index (χ4v) is 12.0. The second-order valence-corrected chi connectivity index (χ2v) is 16.6. The molecule has 4 aliphatic rings. The molecule has 3 fully saturated rings. The number of benzene rings is 3. The Labute approximate surface area is 283 Å². The summed E-state index contributed by atoms with van der Waals surface area (Å²) < 4.78 is 24.7. The predicted molar refractivity (Wildman–Crippen MR) is 179 cm³/mol. The maximum atomic E-state index is 13.9. The normalized spacial score (nSPS) is 27.4. The van der Waals surface area contributed by atoms with Crippen molar-refractivity contribution < 1.29 is 22.8 Å². The molecular formula is C33H27ClN4O6S3. The number of carbonyl (C=O) groups excluding carboxylic acids is 3. The summed E-state index contributed by atoms with van der Waals surface area (Å²) in [4.78, 5) is 56.5. The quantitative estimate of drug-likeness (QED) is 0.280. The molecule has 3 aromatic carbocycles. The van der Waals surface area contributed by atoms with E-state index in [1.54, 1.807) is 23.9 Å². The molecule has 7 unspecified atom stereocenters. The summed E-state index contributed by atoms with van der Waals surface area (Å²) in [5, 5.41) is 9.15. The number of thiazole rings is 1. The third-order valence-corrected chi connectivity index (χ3v) is 13.9. The molecule has 47 heavy (non-hydrogen) atoms. The molecule has 2 aliphatic heterocycles. The Morgan fingerprint density at radius 3 is 2.23 bits per heavy atom. The minimum atomic E-state index is -3.89. The molecule has 1 saturated heterocycles. The number of nitrogens with one attached hydrogen (secondary N) is 1. The molecule has 240 valence electrons. The van der Waals surface area contributed by atoms with Gasteiger partial charge >= 0.3 is 4.87 Å². The number of hydrogen-bond acceptors (Lipinski definition) is 8. The SMILES string of the molecule is NS(=O)(=O)c1ccc(NC(=O)Cn2c3c(sc2=O)C(c2ccc(Cl)cc2)C2C4CC(C2S3)C2C(=O)N(c3ccccc3)C(=O)C42)cc1. The van der Waals surface area contributed by atoms with Gasteiger partial charge in [0.25, 0.3) is 0 Å². The molecule has 3 amide bonds. The van der Waals surface area contributed by atoms with Gasteiger partial charge in [-0.25, -0.2) is 13.6 Å². The van der Waals surface area contributed by atoms with Crippen LogP contribution in [0, 0.1) is 29.6 Å². The third-order valence-electron chi connectivity index (χ3n) is 9.96. The Hall–Kier alpha value is -3.75. The highest BCUT2D eigenvalue weighted by molar-refractivity contribution is 8.00. The molecule has 1 aromatic heterocycles. The Kier molecular flexibility index (Phi) is 7.26. The van der Waals surface area contributed by atoms with Gasteiger partial charge in [-0.1, -0.05) is 53.3 Å². The van der Waals surface area contributed by atoms with Crippen LogP contribution in [0.5, 0.6) is 0 Å². The van der Waals surface area contributed by atoms with E-state index < -0.39 is 27.8 Å². The number of aromatic nitrogens is 1. The first-order chi connectivity index (χ1) is 22.5. The number of fused-ring (bicyclic) bond motifs is 9. The van der Waals surface area contributed by atoms with Gasteiger partial charge in [-0.05, 0) is 78.3 Å². The van der Waals surface area contributed by atoms with Gasteiger partial charge in [0.2, 0.25) is 27.7 Å². The van der Waals surface area contributed by atoms with Crippen molar-refractivity contribution in [1.29, 1.82) is 0 Å². The number of para-hydroxylation sites is 1. The van der Waals surface area contributed by atoms with Gasteiger partial charge in [-0.3, -0.25) is 28.6 Å². The number of amides is 3. The van der Waals surface area contributed by atoms with Crippen LogP contribution in [-0.2, 0) is 31.0 Å². The predicted octanol–water partition coefficient (Wildman–Crippen LogP) is 4.53. The minimum Gasteiger partial charge on any atom is -0.325 e. The molecule has 2 aliphatic carbocycles. The van der Waals surface area contributed by atoms with Gasteiger partial charge < -0.3 is 5.32 Å². The number of nitrogens with zero attached hydrogens (tertiary/aromatic N) is 2. The van der Waals surface area contributed by atoms with Crippen LogP contribution >= 0.6 is 34.7 Å². The lowest BCUT2D eigenvalue weighted by Crippen LogP contribution is -2.43. The number of anilines is 2. The summed E-state index contributed by atoms with van der Waals surface area (Å²) in [6.07, 6.45) is 0.746. The van der Waals surface area contributed by atoms with Crippen molar-refractivity contribution in [1.82, 2.24) is 4.57 Å². The molecule has 2 saturated carbocycles. The topological polar surface area (TPSA) is 149 Å². The average molecular weight is 707 g/mol. The summed E-state index contributed by atoms with van der Waals surface area (Å²) >= 11 is 8.92. The fraction of sp³-hybridized carbons (Fsp3) is 0.273. The van der Waals surface area contributed by atoms with Crippen LogP contribution in [0.2, 0.25) is 5.02 Å². The summed E-state index contributed by atoms with van der Waals surface area (Å²) in [6, 6.07) is 22.1. The zero-order chi connectivity index (χ0) is 32.8. The van der Waals surface area contributed by atoms with Crippen LogP contribution in [0.15, 0.2) is 93.6 Å². The van der Waals surface area contributed by atoms with E-state index >= 15 is 0 Å². The summed E-state index contributed by atoms with van der Waals surface area (Å²) in [7, 11) is -3.89. The van der Waals surface area contributed by atoms with Gasteiger partial charge in [-0.15, -0.1) is 11.8 Å². The van der Waals surface area contributed by atoms with Crippen molar-refractivity contribution in [3.63, 3.8) is 0 Å². The molecular weight excluding hydrogens is 680 g/mol. The van der Waals surface area contributed by atoms with E-state index in [1.165, 1.54) is 33.7 Å². The maximum absolute atomic E-state index is 13.9. The average Bonchev–Trinajstić information content (AvgIpc) is 3.76. The summed E-state index contributed by atoms with van der Waals surface area (Å²) in [5.41, 5.74) is 1.91. The molecule has 3 N–H and O–H groups in total. The Morgan fingerprint density at radius 2 is 1.57 bits per heavy atom. The number of hydrogen-bond donors (Lipinski definition) is 2. The first kappa shape index (κ1) is 30.6. The highest BCUT2D eigenvalue weighted by Gasteiger charge is 2.69. The fourth-order valence-electron chi connectivity index (χ4n) is 8.20. The van der Waals surface area contributed by atoms with E-state index in [1.807, 2.05) is 42.5 Å². The van der Waals surface area contributed by atoms with Crippen molar-refractivity contribution >= 4 is 73.8 Å². The first-order valence-electron chi connectivity index (χ1n) is 15.0. The molecule has 10 nitrogen and oxygen atoms in total. The van der Waals surface area contributed by atoms with Crippen molar-refractivity contribution in [2.24, 2.45) is 34.7 Å². The van der Waals surface area contributed by atoms with Crippen LogP contribution in [0.25, 0.3) is 0 Å². The Balaban J connectivity index is 1.15. The smallest absolute Gasteiger partial charge is 0.308 e. The zero-order valence-corrected chi connectivity index (χ0v) is 27.7. The van der Waals surface area contributed by atoms with E-state index in [0.29, 0.717) is 21.4 Å². The van der Waals surface area contributed by atoms with Gasteiger partial charge in [0, 0.05) is 26.8 Å². The number of primary sulfonamides is 1. The van der Waals surface area contributed by atoms with Crippen molar-refractivity contribution in [2.75, 3.05) is 10.2 Å². The lowest BCUT2D eigenvalue weighted by molar-refractivity contribution is -0.123. The van der Waals surface area contributed by atoms with Crippen molar-refractivity contribution in [3.05, 3.63) is 104 Å². The van der Waals surface area contributed by atoms with Crippen LogP contribution in [0.4, 0.5) is 11.4 Å². The van der Waals surface area contributed by atoms with Gasteiger partial charge in [0.15, 0.2) is 0 Å². The van der Waals surface area contributed by atoms with Crippen molar-refractivity contribution in [2.45, 2.75) is 34.1 Å².